The topological polar surface area (TPSA) is 58.6 Å². The molecule has 0 spiro atoms. The summed E-state index contributed by atoms with van der Waals surface area (Å²) in [4.78, 5) is 27.9. The summed E-state index contributed by atoms with van der Waals surface area (Å²) in [7, 11) is 0. The van der Waals surface area contributed by atoms with E-state index in [1.165, 1.54) is 0 Å². The zero-order chi connectivity index (χ0) is 23.8. The van der Waals surface area contributed by atoms with E-state index in [9.17, 15) is 9.59 Å². The maximum absolute atomic E-state index is 13.3. The third kappa shape index (κ3) is 6.99. The van der Waals surface area contributed by atoms with Crippen LogP contribution in [-0.2, 0) is 16.1 Å². The summed E-state index contributed by atoms with van der Waals surface area (Å²) in [5, 5.41) is 3.64. The number of ether oxygens (including phenoxy) is 1. The molecule has 0 fully saturated rings. The molecule has 0 saturated heterocycles. The molecule has 0 heterocycles. The Labute approximate surface area is 197 Å². The van der Waals surface area contributed by atoms with Gasteiger partial charge in [0.05, 0.1) is 0 Å². The Morgan fingerprint density at radius 2 is 1.72 bits per heavy atom. The van der Waals surface area contributed by atoms with Crippen molar-refractivity contribution in [1.29, 1.82) is 0 Å². The van der Waals surface area contributed by atoms with E-state index in [1.807, 2.05) is 59.7 Å². The number of amides is 2. The number of benzene rings is 2. The van der Waals surface area contributed by atoms with Crippen LogP contribution in [-0.4, -0.2) is 35.4 Å². The molecule has 2 amide bonds. The lowest BCUT2D eigenvalue weighted by Gasteiger charge is -2.31. The molecular weight excluding hydrogens is 424 g/mol. The van der Waals surface area contributed by atoms with E-state index in [1.54, 1.807) is 17.0 Å². The number of aryl methyl sites for hydroxylation is 2. The predicted molar refractivity (Wildman–Crippen MR) is 130 cm³/mol. The molecule has 0 unspecified atom stereocenters. The van der Waals surface area contributed by atoms with Gasteiger partial charge < -0.3 is 15.0 Å². The third-order valence-corrected chi connectivity index (χ3v) is 6.02. The van der Waals surface area contributed by atoms with Crippen molar-refractivity contribution in [1.82, 2.24) is 10.2 Å². The molecule has 0 radical (unpaired) electrons. The van der Waals surface area contributed by atoms with Crippen molar-refractivity contribution in [2.75, 3.05) is 6.61 Å². The van der Waals surface area contributed by atoms with Gasteiger partial charge >= 0.3 is 0 Å². The van der Waals surface area contributed by atoms with Crippen LogP contribution < -0.4 is 10.1 Å². The molecule has 2 atom stereocenters. The summed E-state index contributed by atoms with van der Waals surface area (Å²) in [5.74, 6) is 0.316. The zero-order valence-electron chi connectivity index (χ0n) is 20.0. The van der Waals surface area contributed by atoms with Gasteiger partial charge in [-0.25, -0.2) is 0 Å². The second-order valence-corrected chi connectivity index (χ2v) is 8.82. The quantitative estimate of drug-likeness (QED) is 0.521. The first-order valence-electron chi connectivity index (χ1n) is 11.2. The Bertz CT molecular complexity index is 927. The lowest BCUT2D eigenvalue weighted by molar-refractivity contribution is -0.143. The molecule has 0 bridgehead atoms. The standard InChI is InChI=1S/C26H35ClN2O3/c1-7-19(5)28-26(31)23(8-2)29(15-21-9-11-22(27)12-10-21)25(30)16-32-24-14-17(3)13-18(4)20(24)6/h9-14,19,23H,7-8,15-16H2,1-6H3,(H,28,31)/t19-,23+/m1/s1. The first kappa shape index (κ1) is 25.7. The normalized spacial score (nSPS) is 12.7. The van der Waals surface area contributed by atoms with E-state index in [2.05, 4.69) is 11.4 Å². The highest BCUT2D eigenvalue weighted by Gasteiger charge is 2.29. The van der Waals surface area contributed by atoms with Gasteiger partial charge in [-0.1, -0.05) is 43.6 Å². The predicted octanol–water partition coefficient (Wildman–Crippen LogP) is 5.37. The SMILES string of the molecule is CC[C@@H](C)NC(=O)[C@H](CC)N(Cc1ccc(Cl)cc1)C(=O)COc1cc(C)cc(C)c1C. The van der Waals surface area contributed by atoms with Crippen LogP contribution in [0.1, 0.15) is 55.9 Å². The van der Waals surface area contributed by atoms with Gasteiger partial charge in [0.2, 0.25) is 5.91 Å². The Hall–Kier alpha value is -2.53. The van der Waals surface area contributed by atoms with Crippen LogP contribution in [0.2, 0.25) is 5.02 Å². The molecule has 2 aromatic carbocycles. The van der Waals surface area contributed by atoms with Crippen LogP contribution >= 0.6 is 11.6 Å². The molecule has 32 heavy (non-hydrogen) atoms. The van der Waals surface area contributed by atoms with E-state index in [0.29, 0.717) is 23.7 Å². The number of carbonyl (C=O) groups is 2. The number of nitrogens with zero attached hydrogens (tertiary/aromatic N) is 1. The lowest BCUT2D eigenvalue weighted by atomic mass is 10.1. The molecule has 0 aliphatic heterocycles. The second-order valence-electron chi connectivity index (χ2n) is 8.38. The molecule has 0 aromatic heterocycles. The minimum Gasteiger partial charge on any atom is -0.483 e. The number of hydrogen-bond acceptors (Lipinski definition) is 3. The van der Waals surface area contributed by atoms with Crippen molar-refractivity contribution in [3.63, 3.8) is 0 Å². The number of nitrogens with one attached hydrogen (secondary N) is 1. The highest BCUT2D eigenvalue weighted by Crippen LogP contribution is 2.24. The Morgan fingerprint density at radius 3 is 2.31 bits per heavy atom. The number of carbonyl (C=O) groups excluding carboxylic acids is 2. The van der Waals surface area contributed by atoms with E-state index < -0.39 is 6.04 Å². The third-order valence-electron chi connectivity index (χ3n) is 5.77. The van der Waals surface area contributed by atoms with Crippen molar-refractivity contribution in [3.8, 4) is 5.75 Å². The van der Waals surface area contributed by atoms with Crippen LogP contribution in [0.15, 0.2) is 36.4 Å². The van der Waals surface area contributed by atoms with Gasteiger partial charge in [0.15, 0.2) is 6.61 Å². The van der Waals surface area contributed by atoms with E-state index in [4.69, 9.17) is 16.3 Å². The lowest BCUT2D eigenvalue weighted by Crippen LogP contribution is -2.51. The monoisotopic (exact) mass is 458 g/mol. The van der Waals surface area contributed by atoms with Gasteiger partial charge in [0, 0.05) is 17.6 Å². The van der Waals surface area contributed by atoms with Crippen molar-refractivity contribution in [2.45, 2.75) is 73.0 Å². The molecule has 0 aliphatic rings. The average Bonchev–Trinajstić information content (AvgIpc) is 2.76. The minimum atomic E-state index is -0.587. The Balaban J connectivity index is 2.26. The first-order chi connectivity index (χ1) is 15.2. The minimum absolute atomic E-state index is 0.0400. The van der Waals surface area contributed by atoms with E-state index >= 15 is 0 Å². The first-order valence-corrected chi connectivity index (χ1v) is 11.6. The second kappa shape index (κ2) is 11.9. The summed E-state index contributed by atoms with van der Waals surface area (Å²) in [6.07, 6.45) is 1.33. The summed E-state index contributed by atoms with van der Waals surface area (Å²) in [5.41, 5.74) is 4.10. The fourth-order valence-corrected chi connectivity index (χ4v) is 3.65. The molecule has 2 aromatic rings. The van der Waals surface area contributed by atoms with Gasteiger partial charge in [0.1, 0.15) is 11.8 Å². The summed E-state index contributed by atoms with van der Waals surface area (Å²) < 4.78 is 5.93. The summed E-state index contributed by atoms with van der Waals surface area (Å²) in [6, 6.07) is 10.8. The van der Waals surface area contributed by atoms with Crippen LogP contribution in [0, 0.1) is 20.8 Å². The van der Waals surface area contributed by atoms with Gasteiger partial charge in [0.25, 0.3) is 5.91 Å². The highest BCUT2D eigenvalue weighted by atomic mass is 35.5. The smallest absolute Gasteiger partial charge is 0.261 e. The van der Waals surface area contributed by atoms with Gasteiger partial charge in [-0.15, -0.1) is 0 Å². The molecule has 2 rings (SSSR count). The van der Waals surface area contributed by atoms with Crippen molar-refractivity contribution in [3.05, 3.63) is 63.7 Å². The number of rotatable bonds is 10. The van der Waals surface area contributed by atoms with Crippen LogP contribution in [0.3, 0.4) is 0 Å². The van der Waals surface area contributed by atoms with Gasteiger partial charge in [-0.2, -0.15) is 0 Å². The maximum Gasteiger partial charge on any atom is 0.261 e. The maximum atomic E-state index is 13.3. The van der Waals surface area contributed by atoms with Crippen molar-refractivity contribution in [2.24, 2.45) is 0 Å². The van der Waals surface area contributed by atoms with Gasteiger partial charge in [-0.3, -0.25) is 9.59 Å². The van der Waals surface area contributed by atoms with E-state index in [-0.39, 0.29) is 24.5 Å². The fraction of sp³-hybridized carbons (Fsp3) is 0.462. The number of halogens is 1. The molecule has 0 saturated carbocycles. The van der Waals surface area contributed by atoms with Crippen LogP contribution in [0.25, 0.3) is 0 Å². The highest BCUT2D eigenvalue weighted by molar-refractivity contribution is 6.30. The molecular formula is C26H35ClN2O3. The van der Waals surface area contributed by atoms with Crippen LogP contribution in [0.5, 0.6) is 5.75 Å². The molecule has 1 N–H and O–H groups in total. The van der Waals surface area contributed by atoms with Crippen molar-refractivity contribution < 1.29 is 14.3 Å². The largest absolute Gasteiger partial charge is 0.483 e. The number of hydrogen-bond donors (Lipinski definition) is 1. The zero-order valence-corrected chi connectivity index (χ0v) is 20.8. The Kier molecular flexibility index (Phi) is 9.58. The Morgan fingerprint density at radius 1 is 1.06 bits per heavy atom. The van der Waals surface area contributed by atoms with Gasteiger partial charge in [-0.05, 0) is 81.0 Å². The summed E-state index contributed by atoms with van der Waals surface area (Å²) >= 11 is 6.02. The van der Waals surface area contributed by atoms with E-state index in [0.717, 1.165) is 28.7 Å². The molecule has 6 heteroatoms. The fourth-order valence-electron chi connectivity index (χ4n) is 3.52. The molecule has 5 nitrogen and oxygen atoms in total. The van der Waals surface area contributed by atoms with Crippen molar-refractivity contribution >= 4 is 23.4 Å². The molecule has 0 aliphatic carbocycles. The average molecular weight is 459 g/mol. The summed E-state index contributed by atoms with van der Waals surface area (Å²) in [6.45, 7) is 12.1. The van der Waals surface area contributed by atoms with Crippen LogP contribution in [0.4, 0.5) is 0 Å². The molecule has 174 valence electrons.